The smallest absolute Gasteiger partial charge is 0.255 e. The number of methoxy groups -OCH3 is 1. The predicted octanol–water partition coefficient (Wildman–Crippen LogP) is 9.11. The molecule has 0 spiro atoms. The number of nitrogens with one attached hydrogen (secondary N) is 3. The summed E-state index contributed by atoms with van der Waals surface area (Å²) in [4.78, 5) is 44.9. The number of benzene rings is 3. The van der Waals surface area contributed by atoms with Gasteiger partial charge < -0.3 is 77.7 Å². The molecule has 3 amide bonds. The Morgan fingerprint density at radius 2 is 1.10 bits per heavy atom. The van der Waals surface area contributed by atoms with Crippen LogP contribution in [0.25, 0.3) is 11.3 Å². The second-order valence-electron chi connectivity index (χ2n) is 19.6. The molecule has 0 bridgehead atoms. The number of anilines is 2. The third-order valence-electron chi connectivity index (χ3n) is 13.1. The molecule has 3 aromatic carbocycles. The van der Waals surface area contributed by atoms with Crippen molar-refractivity contribution in [2.24, 2.45) is 0 Å². The molecule has 1 aliphatic carbocycles. The molecule has 20 nitrogen and oxygen atoms in total. The van der Waals surface area contributed by atoms with Gasteiger partial charge in [0.15, 0.2) is 0 Å². The van der Waals surface area contributed by atoms with E-state index >= 15 is 0 Å². The van der Waals surface area contributed by atoms with Gasteiger partial charge in [0.2, 0.25) is 5.91 Å². The normalized spacial score (nSPS) is 12.5. The summed E-state index contributed by atoms with van der Waals surface area (Å²) in [6.07, 6.45) is 7.27. The van der Waals surface area contributed by atoms with Gasteiger partial charge in [0.25, 0.3) is 11.8 Å². The first-order valence-electron chi connectivity index (χ1n) is 30.9. The third-order valence-corrected chi connectivity index (χ3v) is 13.1. The Morgan fingerprint density at radius 3 is 1.67 bits per heavy atom. The Kier molecular flexibility index (Phi) is 43.9. The lowest BCUT2D eigenvalue weighted by Crippen LogP contribution is -2.31. The molecule has 0 fully saturated rings. The van der Waals surface area contributed by atoms with Gasteiger partial charge >= 0.3 is 0 Å². The largest absolute Gasteiger partial charge is 0.382 e. The fourth-order valence-corrected chi connectivity index (χ4v) is 8.54. The molecule has 482 valence electrons. The zero-order chi connectivity index (χ0) is 61.9. The number of pyridine rings is 1. The summed E-state index contributed by atoms with van der Waals surface area (Å²) in [5, 5.41) is 9.09. The van der Waals surface area contributed by atoms with Crippen LogP contribution in [0.5, 0.6) is 0 Å². The van der Waals surface area contributed by atoms with E-state index in [1.54, 1.807) is 25.4 Å². The molecule has 1 atom stereocenters. The molecular formula is C66H103N5O15. The fraction of sp³-hybridized carbons (Fsp3) is 0.606. The van der Waals surface area contributed by atoms with E-state index in [-0.39, 0.29) is 23.8 Å². The summed E-state index contributed by atoms with van der Waals surface area (Å²) in [6.45, 7) is 27.9. The van der Waals surface area contributed by atoms with Gasteiger partial charge in [-0.25, -0.2) is 0 Å². The standard InChI is InChI=1S/C34H36N4O2.C17H35NO6.C15H32O7/c1-4-38(5-2)27-16-17-31(37-33(39)25-13-8-10-23(3)20-25)29(22-27)32-21-26(18-19-35-32)34(40)36-30-15-9-12-24-11-6-7-14-28(24)30;1-3-5-8-21-11-13-23-15-16-24-14-12-22-9-6-17(19)18-7-10-20-4-2;1-3-17-6-7-19-10-11-21-14-15-22-13-12-20-9-8-18-5-4-16-2/h6-8,10-11,13-14,16-22,30H,4-5,9,12,15H2,1-3H3,(H,36,40)(H,37,39);3-16H2,1-2H3,(H,18,19);3-15H2,1-2H3/t30-;;/m0../s1. The van der Waals surface area contributed by atoms with E-state index in [0.29, 0.717) is 174 Å². The van der Waals surface area contributed by atoms with E-state index in [0.717, 1.165) is 75.2 Å². The number of fused-ring (bicyclic) bond motifs is 1. The van der Waals surface area contributed by atoms with Gasteiger partial charge in [0, 0.05) is 81.6 Å². The molecule has 0 aliphatic heterocycles. The molecule has 20 heteroatoms. The summed E-state index contributed by atoms with van der Waals surface area (Å²) in [6, 6.07) is 25.4. The highest BCUT2D eigenvalue weighted by molar-refractivity contribution is 6.06. The molecule has 0 saturated heterocycles. The van der Waals surface area contributed by atoms with Crippen LogP contribution in [-0.2, 0) is 68.1 Å². The Bertz CT molecular complexity index is 2340. The number of hydrogen-bond donors (Lipinski definition) is 3. The van der Waals surface area contributed by atoms with Crippen molar-refractivity contribution in [2.45, 2.75) is 86.1 Å². The molecule has 0 radical (unpaired) electrons. The predicted molar refractivity (Wildman–Crippen MR) is 337 cm³/mol. The van der Waals surface area contributed by atoms with Gasteiger partial charge in [0.1, 0.15) is 0 Å². The zero-order valence-electron chi connectivity index (χ0n) is 52.8. The van der Waals surface area contributed by atoms with Crippen LogP contribution in [0.2, 0.25) is 0 Å². The van der Waals surface area contributed by atoms with E-state index < -0.39 is 0 Å². The molecule has 0 saturated carbocycles. The topological polar surface area (TPSA) is 214 Å². The second kappa shape index (κ2) is 50.5. The minimum absolute atomic E-state index is 0.00996. The lowest BCUT2D eigenvalue weighted by atomic mass is 9.87. The summed E-state index contributed by atoms with van der Waals surface area (Å²) >= 11 is 0. The molecule has 3 N–H and O–H groups in total. The van der Waals surface area contributed by atoms with Gasteiger partial charge in [-0.2, -0.15) is 0 Å². The molecule has 0 unspecified atom stereocenters. The van der Waals surface area contributed by atoms with Crippen molar-refractivity contribution in [3.8, 4) is 11.3 Å². The molecule has 1 aromatic heterocycles. The molecule has 4 aromatic rings. The number of carbonyl (C=O) groups excluding carboxylic acids is 3. The van der Waals surface area contributed by atoms with Crippen molar-refractivity contribution >= 4 is 29.1 Å². The molecule has 86 heavy (non-hydrogen) atoms. The summed E-state index contributed by atoms with van der Waals surface area (Å²) in [5.41, 5.74) is 7.72. The van der Waals surface area contributed by atoms with Gasteiger partial charge in [-0.1, -0.05) is 55.3 Å². The maximum atomic E-state index is 13.4. The van der Waals surface area contributed by atoms with Gasteiger partial charge in [0.05, 0.1) is 150 Å². The van der Waals surface area contributed by atoms with E-state index in [4.69, 9.17) is 56.8 Å². The number of aryl methyl sites for hydroxylation is 2. The Morgan fingerprint density at radius 1 is 0.558 bits per heavy atom. The lowest BCUT2D eigenvalue weighted by molar-refractivity contribution is -0.122. The van der Waals surface area contributed by atoms with Crippen LogP contribution in [0.3, 0.4) is 0 Å². The van der Waals surface area contributed by atoms with Crippen molar-refractivity contribution in [1.82, 2.24) is 15.6 Å². The second-order valence-corrected chi connectivity index (χ2v) is 19.6. The van der Waals surface area contributed by atoms with Crippen LogP contribution in [0, 0.1) is 6.92 Å². The number of nitrogens with zero attached hydrogens (tertiary/aromatic N) is 2. The average molecular weight is 1210 g/mol. The zero-order valence-corrected chi connectivity index (χ0v) is 52.8. The van der Waals surface area contributed by atoms with Crippen LogP contribution in [0.15, 0.2) is 85.1 Å². The molecule has 5 rings (SSSR count). The minimum Gasteiger partial charge on any atom is -0.382 e. The first kappa shape index (κ1) is 74.8. The fourth-order valence-electron chi connectivity index (χ4n) is 8.54. The van der Waals surface area contributed by atoms with E-state index in [2.05, 4.69) is 64.8 Å². The molecular weight excluding hydrogens is 1100 g/mol. The highest BCUT2D eigenvalue weighted by Crippen LogP contribution is 2.33. The maximum absolute atomic E-state index is 13.4. The van der Waals surface area contributed by atoms with Crippen molar-refractivity contribution in [3.05, 3.63) is 113 Å². The number of unbranched alkanes of at least 4 members (excludes halogenated alkanes) is 1. The SMILES string of the molecule is CCCCOCCOCCOCCOCCC(=O)NCCOCC.CCN(CC)c1ccc(NC(=O)c2cccc(C)c2)c(-c2cc(C(=O)N[C@H]3CCCc4ccccc43)ccn2)c1.CCOCCOCCOCCOCCOCCOCCOC. The Hall–Kier alpha value is -5.46. The number of hydrogen-bond acceptors (Lipinski definition) is 17. The average Bonchev–Trinajstić information content (AvgIpc) is 1.60. The van der Waals surface area contributed by atoms with Crippen molar-refractivity contribution in [3.63, 3.8) is 0 Å². The number of amides is 3. The van der Waals surface area contributed by atoms with Crippen molar-refractivity contribution < 1.29 is 71.2 Å². The van der Waals surface area contributed by atoms with Gasteiger partial charge in [-0.05, 0) is 114 Å². The first-order valence-corrected chi connectivity index (χ1v) is 30.9. The summed E-state index contributed by atoms with van der Waals surface area (Å²) in [7, 11) is 1.65. The van der Waals surface area contributed by atoms with Crippen molar-refractivity contribution in [2.75, 3.05) is 189 Å². The number of rotatable bonds is 46. The van der Waals surface area contributed by atoms with E-state index in [1.807, 2.05) is 69.3 Å². The number of ether oxygens (including phenoxy) is 12. The van der Waals surface area contributed by atoms with Gasteiger partial charge in [-0.3, -0.25) is 19.4 Å². The van der Waals surface area contributed by atoms with Crippen LogP contribution < -0.4 is 20.9 Å². The maximum Gasteiger partial charge on any atom is 0.255 e. The molecule has 1 heterocycles. The quantitative estimate of drug-likeness (QED) is 0.0352. The lowest BCUT2D eigenvalue weighted by Gasteiger charge is -2.26. The van der Waals surface area contributed by atoms with E-state index in [1.165, 1.54) is 11.1 Å². The number of aromatic nitrogens is 1. The Labute approximate surface area is 513 Å². The first-order chi connectivity index (χ1) is 42.2. The third kappa shape index (κ3) is 34.2. The number of carbonyl (C=O) groups is 3. The summed E-state index contributed by atoms with van der Waals surface area (Å²) < 4.78 is 63.2. The highest BCUT2D eigenvalue weighted by atomic mass is 16.6. The van der Waals surface area contributed by atoms with Crippen LogP contribution in [0.1, 0.15) is 110 Å². The van der Waals surface area contributed by atoms with Crippen molar-refractivity contribution in [1.29, 1.82) is 0 Å². The van der Waals surface area contributed by atoms with Crippen LogP contribution in [0.4, 0.5) is 11.4 Å². The minimum atomic E-state index is -0.189. The van der Waals surface area contributed by atoms with Gasteiger partial charge in [-0.15, -0.1) is 0 Å². The Balaban J connectivity index is 0.000000364. The molecule has 1 aliphatic rings. The van der Waals surface area contributed by atoms with Crippen LogP contribution >= 0.6 is 0 Å². The summed E-state index contributed by atoms with van der Waals surface area (Å²) in [5.74, 6) is -0.342. The highest BCUT2D eigenvalue weighted by Gasteiger charge is 2.23. The van der Waals surface area contributed by atoms with Crippen LogP contribution in [-0.4, -0.2) is 201 Å². The van der Waals surface area contributed by atoms with E-state index in [9.17, 15) is 14.4 Å². The monoisotopic (exact) mass is 1210 g/mol.